The molecule has 0 amide bonds. The Morgan fingerprint density at radius 1 is 1.06 bits per heavy atom. The fourth-order valence-corrected chi connectivity index (χ4v) is 2.65. The fourth-order valence-electron chi connectivity index (χ4n) is 1.66. The van der Waals surface area contributed by atoms with E-state index in [9.17, 15) is 0 Å². The minimum atomic E-state index is 0.535. The van der Waals surface area contributed by atoms with Crippen LogP contribution in [0.2, 0.25) is 0 Å². The third-order valence-corrected chi connectivity index (χ3v) is 3.99. The minimum absolute atomic E-state index is 0.535. The van der Waals surface area contributed by atoms with E-state index in [1.165, 1.54) is 0 Å². The summed E-state index contributed by atoms with van der Waals surface area (Å²) in [6.45, 7) is 6.62. The van der Waals surface area contributed by atoms with Crippen molar-refractivity contribution in [1.82, 2.24) is 9.97 Å². The third kappa shape index (κ3) is 2.71. The molecule has 0 atom stereocenters. The van der Waals surface area contributed by atoms with E-state index in [2.05, 4.69) is 16.0 Å². The Hall–Kier alpha value is -1.39. The zero-order valence-electron chi connectivity index (χ0n) is 10.9. The number of aryl methyl sites for hydroxylation is 2. The average Bonchev–Trinajstić information content (AvgIpc) is 2.36. The summed E-state index contributed by atoms with van der Waals surface area (Å²) < 4.78 is 0. The zero-order chi connectivity index (χ0) is 13.1. The van der Waals surface area contributed by atoms with E-state index in [0.29, 0.717) is 6.54 Å². The highest BCUT2D eigenvalue weighted by molar-refractivity contribution is 7.99. The van der Waals surface area contributed by atoms with Crippen LogP contribution in [0.3, 0.4) is 0 Å². The number of rotatable bonds is 3. The van der Waals surface area contributed by atoms with Crippen LogP contribution in [0, 0.1) is 20.8 Å². The first-order valence-electron chi connectivity index (χ1n) is 5.89. The first-order chi connectivity index (χ1) is 8.61. The normalized spacial score (nSPS) is 10.7. The molecule has 1 heterocycles. The van der Waals surface area contributed by atoms with Crippen molar-refractivity contribution in [3.63, 3.8) is 0 Å². The maximum atomic E-state index is 5.73. The van der Waals surface area contributed by atoms with Gasteiger partial charge in [-0.1, -0.05) is 18.2 Å². The molecule has 0 unspecified atom stereocenters. The molecule has 1 aromatic heterocycles. The van der Waals surface area contributed by atoms with Crippen LogP contribution in [0.25, 0.3) is 0 Å². The van der Waals surface area contributed by atoms with Gasteiger partial charge in [0, 0.05) is 22.8 Å². The largest absolute Gasteiger partial charge is 0.326 e. The molecule has 18 heavy (non-hydrogen) atoms. The predicted molar refractivity (Wildman–Crippen MR) is 74.7 cm³/mol. The first-order valence-corrected chi connectivity index (χ1v) is 6.71. The van der Waals surface area contributed by atoms with Crippen LogP contribution in [0.4, 0.5) is 0 Å². The molecular formula is C14H17N3S. The lowest BCUT2D eigenvalue weighted by Crippen LogP contribution is -2.00. The molecule has 4 heteroatoms. The summed E-state index contributed by atoms with van der Waals surface area (Å²) in [6, 6.07) is 8.10. The summed E-state index contributed by atoms with van der Waals surface area (Å²) in [5.74, 6) is 0. The lowest BCUT2D eigenvalue weighted by Gasteiger charge is -2.09. The van der Waals surface area contributed by atoms with Gasteiger partial charge in [-0.3, -0.25) is 0 Å². The van der Waals surface area contributed by atoms with E-state index >= 15 is 0 Å². The molecule has 0 saturated heterocycles. The Bertz CT molecular complexity index is 544. The third-order valence-electron chi connectivity index (χ3n) is 3.01. The molecule has 0 radical (unpaired) electrons. The Morgan fingerprint density at radius 2 is 1.67 bits per heavy atom. The smallest absolute Gasteiger partial charge is 0.192 e. The summed E-state index contributed by atoms with van der Waals surface area (Å²) in [5, 5.41) is 0.788. The summed E-state index contributed by atoms with van der Waals surface area (Å²) >= 11 is 1.57. The van der Waals surface area contributed by atoms with Gasteiger partial charge in [0.2, 0.25) is 0 Å². The quantitative estimate of drug-likeness (QED) is 0.861. The molecule has 0 aliphatic heterocycles. The van der Waals surface area contributed by atoms with E-state index in [1.54, 1.807) is 11.8 Å². The molecule has 1 aromatic carbocycles. The van der Waals surface area contributed by atoms with Crippen molar-refractivity contribution in [1.29, 1.82) is 0 Å². The Labute approximate surface area is 112 Å². The summed E-state index contributed by atoms with van der Waals surface area (Å²) in [7, 11) is 0. The zero-order valence-corrected chi connectivity index (χ0v) is 11.7. The summed E-state index contributed by atoms with van der Waals surface area (Å²) in [5.41, 5.74) is 10.1. The van der Waals surface area contributed by atoms with Gasteiger partial charge in [-0.25, -0.2) is 9.97 Å². The van der Waals surface area contributed by atoms with Crippen LogP contribution < -0.4 is 5.73 Å². The van der Waals surface area contributed by atoms with E-state index in [1.807, 2.05) is 39.0 Å². The van der Waals surface area contributed by atoms with Crippen molar-refractivity contribution in [2.45, 2.75) is 37.4 Å². The molecule has 3 nitrogen and oxygen atoms in total. The van der Waals surface area contributed by atoms with Crippen LogP contribution in [0.1, 0.15) is 22.5 Å². The number of hydrogen-bond acceptors (Lipinski definition) is 4. The molecule has 0 aliphatic carbocycles. The second-order valence-corrected chi connectivity index (χ2v) is 5.23. The van der Waals surface area contributed by atoms with Gasteiger partial charge in [-0.15, -0.1) is 0 Å². The topological polar surface area (TPSA) is 51.8 Å². The maximum absolute atomic E-state index is 5.73. The van der Waals surface area contributed by atoms with Crippen molar-refractivity contribution >= 4 is 11.8 Å². The van der Waals surface area contributed by atoms with Crippen molar-refractivity contribution in [2.24, 2.45) is 5.73 Å². The molecule has 0 spiro atoms. The summed E-state index contributed by atoms with van der Waals surface area (Å²) in [4.78, 5) is 10.2. The molecule has 0 saturated carbocycles. The maximum Gasteiger partial charge on any atom is 0.192 e. The lowest BCUT2D eigenvalue weighted by atomic mass is 10.2. The van der Waals surface area contributed by atoms with Crippen LogP contribution in [0.5, 0.6) is 0 Å². The van der Waals surface area contributed by atoms with Gasteiger partial charge >= 0.3 is 0 Å². The lowest BCUT2D eigenvalue weighted by molar-refractivity contribution is 0.879. The summed E-state index contributed by atoms with van der Waals surface area (Å²) in [6.07, 6.45) is 0. The Morgan fingerprint density at radius 3 is 2.28 bits per heavy atom. The average molecular weight is 259 g/mol. The predicted octanol–water partition coefficient (Wildman–Crippen LogP) is 3.01. The van der Waals surface area contributed by atoms with Crippen molar-refractivity contribution in [3.05, 3.63) is 46.8 Å². The van der Waals surface area contributed by atoms with Crippen molar-refractivity contribution < 1.29 is 0 Å². The van der Waals surface area contributed by atoms with Gasteiger partial charge in [0.25, 0.3) is 0 Å². The molecular weight excluding hydrogens is 242 g/mol. The van der Waals surface area contributed by atoms with Crippen LogP contribution in [-0.2, 0) is 6.54 Å². The molecule has 2 N–H and O–H groups in total. The van der Waals surface area contributed by atoms with Crippen molar-refractivity contribution in [2.75, 3.05) is 0 Å². The number of nitrogens with zero attached hydrogens (tertiary/aromatic N) is 2. The highest BCUT2D eigenvalue weighted by Crippen LogP contribution is 2.28. The van der Waals surface area contributed by atoms with Crippen molar-refractivity contribution in [3.8, 4) is 0 Å². The fraction of sp³-hybridized carbons (Fsp3) is 0.286. The van der Waals surface area contributed by atoms with E-state index in [-0.39, 0.29) is 0 Å². The van der Waals surface area contributed by atoms with E-state index < -0.39 is 0 Å². The molecule has 0 bridgehead atoms. The SMILES string of the molecule is Cc1nc(Sc2ccccc2CN)nc(C)c1C. The molecule has 0 aliphatic rings. The molecule has 2 rings (SSSR count). The van der Waals surface area contributed by atoms with Gasteiger partial charge in [0.05, 0.1) is 0 Å². The van der Waals surface area contributed by atoms with E-state index in [4.69, 9.17) is 5.73 Å². The standard InChI is InChI=1S/C14H17N3S/c1-9-10(2)16-14(17-11(9)3)18-13-7-5-4-6-12(13)8-15/h4-7H,8,15H2,1-3H3. The monoisotopic (exact) mass is 259 g/mol. The van der Waals surface area contributed by atoms with Gasteiger partial charge in [-0.2, -0.15) is 0 Å². The minimum Gasteiger partial charge on any atom is -0.326 e. The molecule has 94 valence electrons. The van der Waals surface area contributed by atoms with Gasteiger partial charge in [-0.05, 0) is 49.7 Å². The van der Waals surface area contributed by atoms with Gasteiger partial charge < -0.3 is 5.73 Å². The Balaban J connectivity index is 2.34. The number of hydrogen-bond donors (Lipinski definition) is 1. The molecule has 0 fully saturated rings. The highest BCUT2D eigenvalue weighted by Gasteiger charge is 2.08. The van der Waals surface area contributed by atoms with Crippen LogP contribution in [-0.4, -0.2) is 9.97 Å². The number of aromatic nitrogens is 2. The number of nitrogens with two attached hydrogens (primary N) is 1. The van der Waals surface area contributed by atoms with Crippen LogP contribution >= 0.6 is 11.8 Å². The van der Waals surface area contributed by atoms with Gasteiger partial charge in [0.15, 0.2) is 5.16 Å². The van der Waals surface area contributed by atoms with Gasteiger partial charge in [0.1, 0.15) is 0 Å². The van der Waals surface area contributed by atoms with E-state index in [0.717, 1.165) is 32.6 Å². The highest BCUT2D eigenvalue weighted by atomic mass is 32.2. The Kier molecular flexibility index (Phi) is 3.99. The second kappa shape index (κ2) is 5.50. The van der Waals surface area contributed by atoms with Crippen LogP contribution in [0.15, 0.2) is 34.3 Å². The first kappa shape index (κ1) is 13.1. The molecule has 2 aromatic rings. The number of benzene rings is 1. The second-order valence-electron chi connectivity index (χ2n) is 4.22.